The lowest BCUT2D eigenvalue weighted by Crippen LogP contribution is -2.46. The van der Waals surface area contributed by atoms with Gasteiger partial charge in [0.1, 0.15) is 0 Å². The van der Waals surface area contributed by atoms with Crippen molar-refractivity contribution in [2.45, 2.75) is 45.2 Å². The number of hydrogen-bond acceptors (Lipinski definition) is 2. The second-order valence-corrected chi connectivity index (χ2v) is 7.23. The molecule has 1 heterocycles. The van der Waals surface area contributed by atoms with Crippen LogP contribution < -0.4 is 5.32 Å². The molecule has 3 rings (SSSR count). The van der Waals surface area contributed by atoms with Crippen LogP contribution in [0.4, 0.5) is 0 Å². The quantitative estimate of drug-likeness (QED) is 0.876. The van der Waals surface area contributed by atoms with E-state index in [9.17, 15) is 0 Å². The Balaban J connectivity index is 1.81. The van der Waals surface area contributed by atoms with E-state index in [1.54, 1.807) is 0 Å². The highest BCUT2D eigenvalue weighted by Gasteiger charge is 2.47. The Morgan fingerprint density at radius 1 is 1.11 bits per heavy atom. The van der Waals surface area contributed by atoms with Gasteiger partial charge < -0.3 is 5.32 Å². The van der Waals surface area contributed by atoms with E-state index in [1.165, 1.54) is 31.5 Å². The molecule has 1 saturated heterocycles. The van der Waals surface area contributed by atoms with Crippen molar-refractivity contribution in [1.29, 1.82) is 0 Å². The van der Waals surface area contributed by atoms with Crippen LogP contribution in [0.2, 0.25) is 0 Å². The lowest BCUT2D eigenvalue weighted by Gasteiger charge is -2.34. The number of nitrogens with one attached hydrogen (secondary N) is 1. The molecule has 1 aliphatic heterocycles. The van der Waals surface area contributed by atoms with E-state index in [4.69, 9.17) is 0 Å². The van der Waals surface area contributed by atoms with Crippen LogP contribution in [0.25, 0.3) is 0 Å². The molecule has 1 unspecified atom stereocenters. The summed E-state index contributed by atoms with van der Waals surface area (Å²) in [4.78, 5) is 2.68. The molecule has 1 atom stereocenters. The largest absolute Gasteiger partial charge is 0.310 e. The molecule has 104 valence electrons. The zero-order valence-corrected chi connectivity index (χ0v) is 12.4. The van der Waals surface area contributed by atoms with Crippen molar-refractivity contribution in [2.24, 2.45) is 5.41 Å². The Morgan fingerprint density at radius 3 is 2.42 bits per heavy atom. The number of hydrogen-bond donors (Lipinski definition) is 1. The molecule has 0 bridgehead atoms. The molecular formula is C17H26N2. The third kappa shape index (κ3) is 2.85. The molecule has 0 amide bonds. The lowest BCUT2D eigenvalue weighted by molar-refractivity contribution is 0.163. The first-order valence-corrected chi connectivity index (χ1v) is 7.54. The Bertz CT molecular complexity index is 426. The highest BCUT2D eigenvalue weighted by molar-refractivity contribution is 5.19. The van der Waals surface area contributed by atoms with Gasteiger partial charge in [0, 0.05) is 31.2 Å². The summed E-state index contributed by atoms with van der Waals surface area (Å²) >= 11 is 0. The van der Waals surface area contributed by atoms with Crippen LogP contribution in [0, 0.1) is 5.41 Å². The molecule has 0 aromatic heterocycles. The topological polar surface area (TPSA) is 15.3 Å². The van der Waals surface area contributed by atoms with E-state index < -0.39 is 0 Å². The molecule has 2 nitrogen and oxygen atoms in total. The van der Waals surface area contributed by atoms with Crippen LogP contribution in [-0.2, 0) is 0 Å². The normalized spacial score (nSPS) is 26.9. The van der Waals surface area contributed by atoms with E-state index in [-0.39, 0.29) is 5.54 Å². The maximum absolute atomic E-state index is 3.77. The standard InChI is InChI=1S/C17H26N2/c1-14(15-7-5-4-6-8-15)19-12-16(2,3)18-11-17(13-19)9-10-17/h4-8,14,18H,9-13H2,1-3H3. The van der Waals surface area contributed by atoms with Crippen LogP contribution in [0.1, 0.15) is 45.2 Å². The Morgan fingerprint density at radius 2 is 1.79 bits per heavy atom. The van der Waals surface area contributed by atoms with Gasteiger partial charge in [0.25, 0.3) is 0 Å². The first-order chi connectivity index (χ1) is 9.00. The van der Waals surface area contributed by atoms with E-state index in [0.29, 0.717) is 11.5 Å². The highest BCUT2D eigenvalue weighted by atomic mass is 15.2. The minimum atomic E-state index is 0.217. The van der Waals surface area contributed by atoms with Gasteiger partial charge in [0.15, 0.2) is 0 Å². The summed E-state index contributed by atoms with van der Waals surface area (Å²) in [5.74, 6) is 0. The van der Waals surface area contributed by atoms with E-state index in [0.717, 1.165) is 6.54 Å². The SMILES string of the molecule is CC(c1ccccc1)N1CC2(CC2)CNC(C)(C)C1. The molecular weight excluding hydrogens is 232 g/mol. The van der Waals surface area contributed by atoms with Gasteiger partial charge in [-0.2, -0.15) is 0 Å². The van der Waals surface area contributed by atoms with E-state index in [1.807, 2.05) is 0 Å². The number of rotatable bonds is 2. The smallest absolute Gasteiger partial charge is 0.0320 e. The molecule has 0 radical (unpaired) electrons. The van der Waals surface area contributed by atoms with Crippen LogP contribution in [-0.4, -0.2) is 30.1 Å². The minimum Gasteiger partial charge on any atom is -0.310 e. The first-order valence-electron chi connectivity index (χ1n) is 7.54. The summed E-state index contributed by atoms with van der Waals surface area (Å²) in [5.41, 5.74) is 2.22. The van der Waals surface area contributed by atoms with Crippen molar-refractivity contribution in [3.05, 3.63) is 35.9 Å². The van der Waals surface area contributed by atoms with Crippen molar-refractivity contribution in [3.8, 4) is 0 Å². The van der Waals surface area contributed by atoms with Crippen LogP contribution in [0.5, 0.6) is 0 Å². The fourth-order valence-corrected chi connectivity index (χ4v) is 3.26. The zero-order valence-electron chi connectivity index (χ0n) is 12.4. The Kier molecular flexibility index (Phi) is 3.18. The number of nitrogens with zero attached hydrogens (tertiary/aromatic N) is 1. The zero-order chi connectivity index (χ0) is 13.5. The van der Waals surface area contributed by atoms with Crippen molar-refractivity contribution >= 4 is 0 Å². The van der Waals surface area contributed by atoms with Gasteiger partial charge in [0.2, 0.25) is 0 Å². The van der Waals surface area contributed by atoms with Crippen molar-refractivity contribution in [2.75, 3.05) is 19.6 Å². The van der Waals surface area contributed by atoms with Gasteiger partial charge in [-0.1, -0.05) is 30.3 Å². The monoisotopic (exact) mass is 258 g/mol. The summed E-state index contributed by atoms with van der Waals surface area (Å²) < 4.78 is 0. The second-order valence-electron chi connectivity index (χ2n) is 7.23. The molecule has 2 fully saturated rings. The molecule has 1 N–H and O–H groups in total. The van der Waals surface area contributed by atoms with Gasteiger partial charge in [0.05, 0.1) is 0 Å². The third-order valence-electron chi connectivity index (χ3n) is 4.87. The number of benzene rings is 1. The first kappa shape index (κ1) is 13.1. The van der Waals surface area contributed by atoms with E-state index in [2.05, 4.69) is 61.3 Å². The van der Waals surface area contributed by atoms with Crippen molar-refractivity contribution < 1.29 is 0 Å². The molecule has 1 aliphatic carbocycles. The Labute approximate surface area is 117 Å². The molecule has 1 aromatic carbocycles. The van der Waals surface area contributed by atoms with Crippen LogP contribution in [0.3, 0.4) is 0 Å². The van der Waals surface area contributed by atoms with Gasteiger partial charge in [-0.15, -0.1) is 0 Å². The van der Waals surface area contributed by atoms with Crippen LogP contribution in [0.15, 0.2) is 30.3 Å². The van der Waals surface area contributed by atoms with Gasteiger partial charge in [-0.05, 0) is 44.6 Å². The molecule has 1 saturated carbocycles. The predicted octanol–water partition coefficient (Wildman–Crippen LogP) is 3.21. The maximum Gasteiger partial charge on any atom is 0.0320 e. The molecule has 1 spiro atoms. The minimum absolute atomic E-state index is 0.217. The Hall–Kier alpha value is -0.860. The van der Waals surface area contributed by atoms with Crippen molar-refractivity contribution in [3.63, 3.8) is 0 Å². The summed E-state index contributed by atoms with van der Waals surface area (Å²) in [6, 6.07) is 11.4. The van der Waals surface area contributed by atoms with Crippen molar-refractivity contribution in [1.82, 2.24) is 10.2 Å². The second kappa shape index (κ2) is 4.60. The molecule has 2 heteroatoms. The molecule has 19 heavy (non-hydrogen) atoms. The van der Waals surface area contributed by atoms with Crippen LogP contribution >= 0.6 is 0 Å². The summed E-state index contributed by atoms with van der Waals surface area (Å²) in [6.45, 7) is 10.6. The fraction of sp³-hybridized carbons (Fsp3) is 0.647. The lowest BCUT2D eigenvalue weighted by atomic mass is 10.0. The summed E-state index contributed by atoms with van der Waals surface area (Å²) in [5, 5.41) is 3.77. The van der Waals surface area contributed by atoms with E-state index >= 15 is 0 Å². The fourth-order valence-electron chi connectivity index (χ4n) is 3.26. The molecule has 1 aromatic rings. The third-order valence-corrected chi connectivity index (χ3v) is 4.87. The average Bonchev–Trinajstić information content (AvgIpc) is 3.17. The average molecular weight is 258 g/mol. The highest BCUT2D eigenvalue weighted by Crippen LogP contribution is 2.48. The summed E-state index contributed by atoms with van der Waals surface area (Å²) in [7, 11) is 0. The molecule has 2 aliphatic rings. The van der Waals surface area contributed by atoms with Gasteiger partial charge in [-0.25, -0.2) is 0 Å². The summed E-state index contributed by atoms with van der Waals surface area (Å²) in [6.07, 6.45) is 2.79. The maximum atomic E-state index is 3.77. The predicted molar refractivity (Wildman–Crippen MR) is 80.2 cm³/mol. The van der Waals surface area contributed by atoms with Gasteiger partial charge in [-0.3, -0.25) is 4.90 Å². The van der Waals surface area contributed by atoms with Gasteiger partial charge >= 0.3 is 0 Å².